The minimum Gasteiger partial charge on any atom is -0.381 e. The lowest BCUT2D eigenvalue weighted by molar-refractivity contribution is 1.01. The molecular formula is C7H12N4. The van der Waals surface area contributed by atoms with Crippen LogP contribution in [0.1, 0.15) is 12.6 Å². The van der Waals surface area contributed by atoms with Crippen LogP contribution in [0.5, 0.6) is 0 Å². The summed E-state index contributed by atoms with van der Waals surface area (Å²) in [6.07, 6.45) is 2.59. The SMILES string of the molecule is CCc1cnc(NC)c(N)n1. The van der Waals surface area contributed by atoms with E-state index < -0.39 is 0 Å². The Morgan fingerprint density at radius 1 is 1.64 bits per heavy atom. The van der Waals surface area contributed by atoms with E-state index in [4.69, 9.17) is 5.73 Å². The van der Waals surface area contributed by atoms with Crippen molar-refractivity contribution in [3.8, 4) is 0 Å². The van der Waals surface area contributed by atoms with Gasteiger partial charge in [0, 0.05) is 7.05 Å². The number of aryl methyl sites for hydroxylation is 1. The van der Waals surface area contributed by atoms with Gasteiger partial charge >= 0.3 is 0 Å². The summed E-state index contributed by atoms with van der Waals surface area (Å²) in [7, 11) is 1.77. The van der Waals surface area contributed by atoms with Gasteiger partial charge in [-0.2, -0.15) is 0 Å². The topological polar surface area (TPSA) is 63.8 Å². The van der Waals surface area contributed by atoms with Crippen molar-refractivity contribution in [1.82, 2.24) is 9.97 Å². The smallest absolute Gasteiger partial charge is 0.168 e. The van der Waals surface area contributed by atoms with E-state index in [-0.39, 0.29) is 0 Å². The molecule has 0 aliphatic carbocycles. The second kappa shape index (κ2) is 3.18. The molecule has 3 N–H and O–H groups in total. The van der Waals surface area contributed by atoms with E-state index in [1.54, 1.807) is 13.2 Å². The Hall–Kier alpha value is -1.32. The van der Waals surface area contributed by atoms with Gasteiger partial charge in [0.2, 0.25) is 0 Å². The molecule has 0 amide bonds. The van der Waals surface area contributed by atoms with Crippen LogP contribution in [-0.2, 0) is 6.42 Å². The van der Waals surface area contributed by atoms with Crippen LogP contribution in [0.2, 0.25) is 0 Å². The molecule has 0 bridgehead atoms. The number of hydrogen-bond acceptors (Lipinski definition) is 4. The fourth-order valence-electron chi connectivity index (χ4n) is 0.805. The van der Waals surface area contributed by atoms with Crippen LogP contribution in [0.3, 0.4) is 0 Å². The summed E-state index contributed by atoms with van der Waals surface area (Å²) in [5.41, 5.74) is 6.49. The van der Waals surface area contributed by atoms with Crippen molar-refractivity contribution in [3.63, 3.8) is 0 Å². The first-order valence-electron chi connectivity index (χ1n) is 3.57. The molecule has 0 fully saturated rings. The minimum atomic E-state index is 0.465. The Bertz CT molecular complexity index is 246. The molecule has 11 heavy (non-hydrogen) atoms. The summed E-state index contributed by atoms with van der Waals surface area (Å²) < 4.78 is 0. The third-order valence-electron chi connectivity index (χ3n) is 1.45. The maximum absolute atomic E-state index is 5.57. The fourth-order valence-corrected chi connectivity index (χ4v) is 0.805. The Balaban J connectivity index is 2.99. The van der Waals surface area contributed by atoms with Gasteiger partial charge in [-0.1, -0.05) is 6.92 Å². The molecule has 1 aromatic heterocycles. The zero-order valence-electron chi connectivity index (χ0n) is 6.76. The molecule has 0 spiro atoms. The number of rotatable bonds is 2. The maximum Gasteiger partial charge on any atom is 0.168 e. The molecule has 1 rings (SSSR count). The molecule has 0 aromatic carbocycles. The molecule has 0 aliphatic heterocycles. The zero-order valence-corrected chi connectivity index (χ0v) is 6.76. The predicted molar refractivity (Wildman–Crippen MR) is 45.4 cm³/mol. The molecule has 0 unspecified atom stereocenters. The molecule has 0 saturated carbocycles. The lowest BCUT2D eigenvalue weighted by Crippen LogP contribution is -2.03. The van der Waals surface area contributed by atoms with E-state index >= 15 is 0 Å². The van der Waals surface area contributed by atoms with Crippen LogP contribution in [0, 0.1) is 0 Å². The minimum absolute atomic E-state index is 0.465. The molecule has 0 atom stereocenters. The van der Waals surface area contributed by atoms with Gasteiger partial charge in [-0.3, -0.25) is 0 Å². The Labute approximate surface area is 65.9 Å². The van der Waals surface area contributed by atoms with Gasteiger partial charge in [0.15, 0.2) is 11.6 Å². The average molecular weight is 152 g/mol. The number of hydrogen-bond donors (Lipinski definition) is 2. The molecule has 4 heteroatoms. The molecule has 0 aliphatic rings. The van der Waals surface area contributed by atoms with Crippen LogP contribution in [0.15, 0.2) is 6.20 Å². The van der Waals surface area contributed by atoms with Crippen LogP contribution in [0.25, 0.3) is 0 Å². The number of nitrogens with zero attached hydrogens (tertiary/aromatic N) is 2. The summed E-state index contributed by atoms with van der Waals surface area (Å²) in [5, 5.41) is 2.85. The van der Waals surface area contributed by atoms with Gasteiger partial charge in [0.05, 0.1) is 11.9 Å². The summed E-state index contributed by atoms with van der Waals surface area (Å²) in [6, 6.07) is 0. The highest BCUT2D eigenvalue weighted by Gasteiger charge is 1.99. The van der Waals surface area contributed by atoms with E-state index in [1.165, 1.54) is 0 Å². The highest BCUT2D eigenvalue weighted by Crippen LogP contribution is 2.10. The summed E-state index contributed by atoms with van der Waals surface area (Å²) in [6.45, 7) is 2.02. The Morgan fingerprint density at radius 3 is 2.82 bits per heavy atom. The number of nitrogen functional groups attached to an aromatic ring is 1. The summed E-state index contributed by atoms with van der Waals surface area (Å²) >= 11 is 0. The van der Waals surface area contributed by atoms with Crippen molar-refractivity contribution in [2.45, 2.75) is 13.3 Å². The maximum atomic E-state index is 5.57. The van der Waals surface area contributed by atoms with E-state index in [2.05, 4.69) is 15.3 Å². The molecule has 60 valence electrons. The summed E-state index contributed by atoms with van der Waals surface area (Å²) in [5.74, 6) is 1.11. The third kappa shape index (κ3) is 1.58. The first-order valence-corrected chi connectivity index (χ1v) is 3.57. The molecule has 4 nitrogen and oxygen atoms in total. The highest BCUT2D eigenvalue weighted by molar-refractivity contribution is 5.55. The van der Waals surface area contributed by atoms with Crippen molar-refractivity contribution < 1.29 is 0 Å². The van der Waals surface area contributed by atoms with E-state index in [0.29, 0.717) is 11.6 Å². The van der Waals surface area contributed by atoms with Crippen molar-refractivity contribution >= 4 is 11.6 Å². The Kier molecular flexibility index (Phi) is 2.25. The average Bonchev–Trinajstić information content (AvgIpc) is 2.04. The van der Waals surface area contributed by atoms with Crippen molar-refractivity contribution in [2.75, 3.05) is 18.1 Å². The lowest BCUT2D eigenvalue weighted by atomic mass is 10.3. The van der Waals surface area contributed by atoms with Gasteiger partial charge in [-0.25, -0.2) is 9.97 Å². The van der Waals surface area contributed by atoms with Crippen LogP contribution >= 0.6 is 0 Å². The standard InChI is InChI=1S/C7H12N4/c1-3-5-4-10-7(9-2)6(8)11-5/h4H,3H2,1-2H3,(H2,8,11)(H,9,10). The molecule has 0 radical (unpaired) electrons. The second-order valence-corrected chi connectivity index (χ2v) is 2.20. The predicted octanol–water partition coefficient (Wildman–Crippen LogP) is 0.663. The summed E-state index contributed by atoms with van der Waals surface area (Å²) in [4.78, 5) is 8.18. The highest BCUT2D eigenvalue weighted by atomic mass is 15.0. The van der Waals surface area contributed by atoms with Crippen molar-refractivity contribution in [2.24, 2.45) is 0 Å². The zero-order chi connectivity index (χ0) is 8.27. The number of aromatic nitrogens is 2. The first-order chi connectivity index (χ1) is 5.27. The van der Waals surface area contributed by atoms with Crippen molar-refractivity contribution in [3.05, 3.63) is 11.9 Å². The van der Waals surface area contributed by atoms with E-state index in [9.17, 15) is 0 Å². The second-order valence-electron chi connectivity index (χ2n) is 2.20. The Morgan fingerprint density at radius 2 is 2.36 bits per heavy atom. The van der Waals surface area contributed by atoms with E-state index in [0.717, 1.165) is 12.1 Å². The van der Waals surface area contributed by atoms with Gasteiger partial charge in [0.1, 0.15) is 0 Å². The molecule has 1 aromatic rings. The lowest BCUT2D eigenvalue weighted by Gasteiger charge is -2.03. The number of nitrogens with two attached hydrogens (primary N) is 1. The van der Waals surface area contributed by atoms with Crippen LogP contribution in [0.4, 0.5) is 11.6 Å². The number of nitrogens with one attached hydrogen (secondary N) is 1. The normalized spacial score (nSPS) is 9.64. The first kappa shape index (κ1) is 7.78. The molecular weight excluding hydrogens is 140 g/mol. The quantitative estimate of drug-likeness (QED) is 0.653. The van der Waals surface area contributed by atoms with Crippen molar-refractivity contribution in [1.29, 1.82) is 0 Å². The third-order valence-corrected chi connectivity index (χ3v) is 1.45. The van der Waals surface area contributed by atoms with Gasteiger partial charge in [-0.05, 0) is 6.42 Å². The fraction of sp³-hybridized carbons (Fsp3) is 0.429. The van der Waals surface area contributed by atoms with Gasteiger partial charge < -0.3 is 11.1 Å². The van der Waals surface area contributed by atoms with E-state index in [1.807, 2.05) is 6.92 Å². The molecule has 1 heterocycles. The molecule has 0 saturated heterocycles. The van der Waals surface area contributed by atoms with Gasteiger partial charge in [0.25, 0.3) is 0 Å². The monoisotopic (exact) mass is 152 g/mol. The van der Waals surface area contributed by atoms with Gasteiger partial charge in [-0.15, -0.1) is 0 Å². The number of anilines is 2. The van der Waals surface area contributed by atoms with Crippen LogP contribution in [-0.4, -0.2) is 17.0 Å². The largest absolute Gasteiger partial charge is 0.381 e. The van der Waals surface area contributed by atoms with Crippen LogP contribution < -0.4 is 11.1 Å².